The molecule has 2 heterocycles. The SMILES string of the molecule is CCCC[C@H](NC(=O)c1c[nH]c2ncccc12)C(=O)O. The normalized spacial score (nSPS) is 12.2. The molecule has 3 N–H and O–H groups in total. The number of nitrogens with one attached hydrogen (secondary N) is 2. The summed E-state index contributed by atoms with van der Waals surface area (Å²) in [6.45, 7) is 1.98. The molecule has 6 nitrogen and oxygen atoms in total. The van der Waals surface area contributed by atoms with E-state index in [1.165, 1.54) is 0 Å². The van der Waals surface area contributed by atoms with E-state index in [9.17, 15) is 9.59 Å². The molecule has 2 rings (SSSR count). The number of aliphatic carboxylic acids is 1. The summed E-state index contributed by atoms with van der Waals surface area (Å²) in [4.78, 5) is 30.3. The van der Waals surface area contributed by atoms with E-state index >= 15 is 0 Å². The molecule has 0 spiro atoms. The molecule has 0 aliphatic carbocycles. The van der Waals surface area contributed by atoms with Gasteiger partial charge in [0.05, 0.1) is 5.56 Å². The third-order valence-corrected chi connectivity index (χ3v) is 3.15. The van der Waals surface area contributed by atoms with Gasteiger partial charge in [-0.2, -0.15) is 0 Å². The molecule has 0 saturated carbocycles. The number of pyridine rings is 1. The Morgan fingerprint density at radius 1 is 1.50 bits per heavy atom. The summed E-state index contributed by atoms with van der Waals surface area (Å²) < 4.78 is 0. The number of carboxylic acid groups (broad SMARTS) is 1. The second kappa shape index (κ2) is 6.18. The average molecular weight is 275 g/mol. The number of amides is 1. The van der Waals surface area contributed by atoms with Crippen LogP contribution in [-0.2, 0) is 4.79 Å². The highest BCUT2D eigenvalue weighted by atomic mass is 16.4. The summed E-state index contributed by atoms with van der Waals surface area (Å²) in [5, 5.41) is 12.4. The third-order valence-electron chi connectivity index (χ3n) is 3.15. The maximum Gasteiger partial charge on any atom is 0.326 e. The lowest BCUT2D eigenvalue weighted by molar-refractivity contribution is -0.139. The number of carboxylic acids is 1. The third kappa shape index (κ3) is 2.96. The number of H-pyrrole nitrogens is 1. The van der Waals surface area contributed by atoms with E-state index in [-0.39, 0.29) is 0 Å². The van der Waals surface area contributed by atoms with Gasteiger partial charge < -0.3 is 15.4 Å². The highest BCUT2D eigenvalue weighted by Crippen LogP contribution is 2.15. The van der Waals surface area contributed by atoms with Crippen LogP contribution in [0, 0.1) is 0 Å². The van der Waals surface area contributed by atoms with E-state index in [1.54, 1.807) is 24.5 Å². The zero-order valence-corrected chi connectivity index (χ0v) is 11.2. The van der Waals surface area contributed by atoms with E-state index < -0.39 is 17.9 Å². The highest BCUT2D eigenvalue weighted by molar-refractivity contribution is 6.06. The highest BCUT2D eigenvalue weighted by Gasteiger charge is 2.21. The molecule has 0 fully saturated rings. The van der Waals surface area contributed by atoms with Gasteiger partial charge in [0, 0.05) is 17.8 Å². The first-order valence-corrected chi connectivity index (χ1v) is 6.59. The molecule has 0 aliphatic rings. The first-order valence-electron chi connectivity index (χ1n) is 6.59. The average Bonchev–Trinajstić information content (AvgIpc) is 2.87. The van der Waals surface area contributed by atoms with E-state index in [2.05, 4.69) is 15.3 Å². The van der Waals surface area contributed by atoms with Crippen LogP contribution in [0.2, 0.25) is 0 Å². The lowest BCUT2D eigenvalue weighted by atomic mass is 10.1. The van der Waals surface area contributed by atoms with Crippen molar-refractivity contribution in [2.75, 3.05) is 0 Å². The van der Waals surface area contributed by atoms with Crippen LogP contribution < -0.4 is 5.32 Å². The van der Waals surface area contributed by atoms with Crippen LogP contribution in [0.1, 0.15) is 36.5 Å². The standard InChI is InChI=1S/C14H17N3O3/c1-2-3-6-11(14(19)20)17-13(18)10-8-16-12-9(10)5-4-7-15-12/h4-5,7-8,11H,2-3,6H2,1H3,(H,15,16)(H,17,18)(H,19,20)/t11-/m0/s1. The molecule has 2 aromatic rings. The zero-order valence-electron chi connectivity index (χ0n) is 11.2. The van der Waals surface area contributed by atoms with E-state index in [1.807, 2.05) is 6.92 Å². The maximum atomic E-state index is 12.2. The van der Waals surface area contributed by atoms with E-state index in [4.69, 9.17) is 5.11 Å². The van der Waals surface area contributed by atoms with Crippen LogP contribution >= 0.6 is 0 Å². The second-order valence-corrected chi connectivity index (χ2v) is 4.61. The second-order valence-electron chi connectivity index (χ2n) is 4.61. The number of hydrogen-bond acceptors (Lipinski definition) is 3. The van der Waals surface area contributed by atoms with Gasteiger partial charge in [0.1, 0.15) is 11.7 Å². The predicted octanol–water partition coefficient (Wildman–Crippen LogP) is 1.94. The molecule has 0 aromatic carbocycles. The lowest BCUT2D eigenvalue weighted by Gasteiger charge is -2.13. The lowest BCUT2D eigenvalue weighted by Crippen LogP contribution is -2.40. The minimum absolute atomic E-state index is 0.396. The summed E-state index contributed by atoms with van der Waals surface area (Å²) in [5.41, 5.74) is 1.02. The Bertz CT molecular complexity index is 621. The van der Waals surface area contributed by atoms with Gasteiger partial charge in [-0.3, -0.25) is 4.79 Å². The molecule has 0 unspecified atom stereocenters. The fourth-order valence-corrected chi connectivity index (χ4v) is 2.05. The summed E-state index contributed by atoms with van der Waals surface area (Å²) in [5.74, 6) is -1.41. The quantitative estimate of drug-likeness (QED) is 0.750. The van der Waals surface area contributed by atoms with Gasteiger partial charge in [0.2, 0.25) is 0 Å². The molecule has 0 radical (unpaired) electrons. The Labute approximate surface area is 116 Å². The van der Waals surface area contributed by atoms with Crippen LogP contribution in [-0.4, -0.2) is 33.0 Å². The van der Waals surface area contributed by atoms with E-state index in [0.29, 0.717) is 23.0 Å². The number of aromatic nitrogens is 2. The predicted molar refractivity (Wildman–Crippen MR) is 74.5 cm³/mol. The molecule has 0 saturated heterocycles. The summed E-state index contributed by atoms with van der Waals surface area (Å²) in [7, 11) is 0. The molecule has 1 amide bonds. The number of unbranched alkanes of at least 4 members (excludes halogenated alkanes) is 1. The minimum Gasteiger partial charge on any atom is -0.480 e. The van der Waals surface area contributed by atoms with Gasteiger partial charge in [0.15, 0.2) is 0 Å². The monoisotopic (exact) mass is 275 g/mol. The Hall–Kier alpha value is -2.37. The molecule has 1 atom stereocenters. The van der Waals surface area contributed by atoms with Crippen LogP contribution in [0.5, 0.6) is 0 Å². The van der Waals surface area contributed by atoms with Gasteiger partial charge in [-0.1, -0.05) is 19.8 Å². The van der Waals surface area contributed by atoms with E-state index in [0.717, 1.165) is 12.8 Å². The van der Waals surface area contributed by atoms with Gasteiger partial charge in [0.25, 0.3) is 5.91 Å². The Balaban J connectivity index is 2.16. The van der Waals surface area contributed by atoms with Gasteiger partial charge in [-0.15, -0.1) is 0 Å². The van der Waals surface area contributed by atoms with Crippen molar-refractivity contribution in [3.8, 4) is 0 Å². The van der Waals surface area contributed by atoms with Crippen molar-refractivity contribution in [1.82, 2.24) is 15.3 Å². The van der Waals surface area contributed by atoms with Crippen molar-refractivity contribution in [1.29, 1.82) is 0 Å². The number of carbonyl (C=O) groups excluding carboxylic acids is 1. The maximum absolute atomic E-state index is 12.2. The first kappa shape index (κ1) is 14.0. The van der Waals surface area contributed by atoms with Crippen molar-refractivity contribution in [2.45, 2.75) is 32.2 Å². The molecule has 2 aromatic heterocycles. The Morgan fingerprint density at radius 2 is 2.30 bits per heavy atom. The number of aromatic amines is 1. The topological polar surface area (TPSA) is 95.1 Å². The summed E-state index contributed by atoms with van der Waals surface area (Å²) >= 11 is 0. The van der Waals surface area contributed by atoms with Crippen LogP contribution in [0.15, 0.2) is 24.5 Å². The van der Waals surface area contributed by atoms with Crippen molar-refractivity contribution in [3.05, 3.63) is 30.1 Å². The fraction of sp³-hybridized carbons (Fsp3) is 0.357. The van der Waals surface area contributed by atoms with Crippen LogP contribution in [0.25, 0.3) is 11.0 Å². The van der Waals surface area contributed by atoms with Crippen molar-refractivity contribution in [2.24, 2.45) is 0 Å². The molecule has 106 valence electrons. The number of rotatable bonds is 6. The summed E-state index contributed by atoms with van der Waals surface area (Å²) in [6.07, 6.45) is 5.25. The molecular weight excluding hydrogens is 258 g/mol. The molecule has 20 heavy (non-hydrogen) atoms. The number of hydrogen-bond donors (Lipinski definition) is 3. The van der Waals surface area contributed by atoms with Crippen molar-refractivity contribution in [3.63, 3.8) is 0 Å². The Kier molecular flexibility index (Phi) is 4.34. The van der Waals surface area contributed by atoms with Crippen LogP contribution in [0.3, 0.4) is 0 Å². The number of fused-ring (bicyclic) bond motifs is 1. The van der Waals surface area contributed by atoms with Gasteiger partial charge >= 0.3 is 5.97 Å². The van der Waals surface area contributed by atoms with Crippen molar-refractivity contribution < 1.29 is 14.7 Å². The van der Waals surface area contributed by atoms with Crippen LogP contribution in [0.4, 0.5) is 0 Å². The largest absolute Gasteiger partial charge is 0.480 e. The fourth-order valence-electron chi connectivity index (χ4n) is 2.05. The molecular formula is C14H17N3O3. The van der Waals surface area contributed by atoms with Crippen molar-refractivity contribution >= 4 is 22.9 Å². The molecule has 6 heteroatoms. The van der Waals surface area contributed by atoms with Gasteiger partial charge in [-0.05, 0) is 18.6 Å². The first-order chi connectivity index (χ1) is 9.63. The minimum atomic E-state index is -1.01. The summed E-state index contributed by atoms with van der Waals surface area (Å²) in [6, 6.07) is 2.65. The Morgan fingerprint density at radius 3 is 3.00 bits per heavy atom. The number of nitrogens with zero attached hydrogens (tertiary/aromatic N) is 1. The number of carbonyl (C=O) groups is 2. The smallest absolute Gasteiger partial charge is 0.326 e. The zero-order chi connectivity index (χ0) is 14.5. The molecule has 0 aliphatic heterocycles. The molecule has 0 bridgehead atoms. The van der Waals surface area contributed by atoms with Gasteiger partial charge in [-0.25, -0.2) is 9.78 Å².